The third-order valence-electron chi connectivity index (χ3n) is 3.72. The smallest absolute Gasteiger partial charge is 0.163 e. The van der Waals surface area contributed by atoms with E-state index in [-0.39, 0.29) is 23.7 Å². The summed E-state index contributed by atoms with van der Waals surface area (Å²) in [7, 11) is 0. The molecule has 1 aliphatic heterocycles. The minimum Gasteiger partial charge on any atom is -0.393 e. The molecular formula is C15H28O3. The molecule has 106 valence electrons. The van der Waals surface area contributed by atoms with Gasteiger partial charge in [0.2, 0.25) is 0 Å². The Kier molecular flexibility index (Phi) is 4.98. The van der Waals surface area contributed by atoms with Gasteiger partial charge in [-0.3, -0.25) is 0 Å². The molecule has 0 spiro atoms. The monoisotopic (exact) mass is 256 g/mol. The summed E-state index contributed by atoms with van der Waals surface area (Å²) in [5, 5.41) is 9.79. The van der Waals surface area contributed by atoms with Crippen molar-refractivity contribution in [3.8, 4) is 0 Å². The van der Waals surface area contributed by atoms with Crippen molar-refractivity contribution in [2.24, 2.45) is 5.41 Å². The molecule has 3 nitrogen and oxygen atoms in total. The highest BCUT2D eigenvalue weighted by Crippen LogP contribution is 2.38. The lowest BCUT2D eigenvalue weighted by molar-refractivity contribution is -0.315. The molecule has 0 amide bonds. The summed E-state index contributed by atoms with van der Waals surface area (Å²) in [6.07, 6.45) is 4.01. The molecule has 1 heterocycles. The largest absolute Gasteiger partial charge is 0.393 e. The molecule has 1 fully saturated rings. The molecule has 0 saturated carbocycles. The second kappa shape index (κ2) is 5.72. The second-order valence-corrected chi connectivity index (χ2v) is 6.31. The van der Waals surface area contributed by atoms with Gasteiger partial charge in [-0.25, -0.2) is 0 Å². The maximum atomic E-state index is 9.79. The lowest BCUT2D eigenvalue weighted by Crippen LogP contribution is -2.50. The van der Waals surface area contributed by atoms with Crippen LogP contribution in [0.5, 0.6) is 0 Å². The summed E-state index contributed by atoms with van der Waals surface area (Å²) in [5.74, 6) is -0.596. The van der Waals surface area contributed by atoms with Crippen LogP contribution < -0.4 is 0 Å². The number of hydrogen-bond acceptors (Lipinski definition) is 3. The van der Waals surface area contributed by atoms with Crippen LogP contribution in [0.4, 0.5) is 0 Å². The molecule has 0 bridgehead atoms. The maximum absolute atomic E-state index is 9.79. The van der Waals surface area contributed by atoms with Crippen LogP contribution in [0.2, 0.25) is 0 Å². The van der Waals surface area contributed by atoms with Crippen LogP contribution >= 0.6 is 0 Å². The summed E-state index contributed by atoms with van der Waals surface area (Å²) in [6, 6.07) is 0. The van der Waals surface area contributed by atoms with E-state index >= 15 is 0 Å². The number of rotatable bonds is 5. The first-order valence-corrected chi connectivity index (χ1v) is 6.87. The molecule has 0 aliphatic carbocycles. The van der Waals surface area contributed by atoms with Gasteiger partial charge in [-0.1, -0.05) is 26.8 Å². The van der Waals surface area contributed by atoms with Crippen LogP contribution in [0.3, 0.4) is 0 Å². The normalized spacial score (nSPS) is 29.9. The first-order valence-electron chi connectivity index (χ1n) is 6.87. The molecule has 0 unspecified atom stereocenters. The van der Waals surface area contributed by atoms with Crippen molar-refractivity contribution in [1.29, 1.82) is 0 Å². The van der Waals surface area contributed by atoms with Gasteiger partial charge in [0, 0.05) is 11.8 Å². The SMILES string of the molecule is C=CC(C)(C)[C@@H]1C[C@@H](C[C@@H](O)CC)OC(C)(C)O1. The van der Waals surface area contributed by atoms with Gasteiger partial charge in [-0.2, -0.15) is 0 Å². The average molecular weight is 256 g/mol. The maximum Gasteiger partial charge on any atom is 0.163 e. The Morgan fingerprint density at radius 3 is 2.56 bits per heavy atom. The number of aliphatic hydroxyl groups excluding tert-OH is 1. The zero-order valence-corrected chi connectivity index (χ0v) is 12.4. The predicted molar refractivity (Wildman–Crippen MR) is 73.3 cm³/mol. The van der Waals surface area contributed by atoms with Crippen molar-refractivity contribution >= 4 is 0 Å². The van der Waals surface area contributed by atoms with Crippen molar-refractivity contribution in [2.75, 3.05) is 0 Å². The molecule has 0 aromatic carbocycles. The zero-order valence-electron chi connectivity index (χ0n) is 12.4. The van der Waals surface area contributed by atoms with Crippen molar-refractivity contribution in [2.45, 2.75) is 78.0 Å². The van der Waals surface area contributed by atoms with E-state index in [1.165, 1.54) is 0 Å². The zero-order chi connectivity index (χ0) is 14.0. The standard InChI is InChI=1S/C15H28O3/c1-7-11(16)9-12-10-13(14(3,4)8-2)18-15(5,6)17-12/h8,11-13,16H,2,7,9-10H2,1,3-6H3/t11-,12+,13-/m0/s1. The highest BCUT2D eigenvalue weighted by molar-refractivity contribution is 4.97. The summed E-state index contributed by atoms with van der Waals surface area (Å²) in [5.41, 5.74) is -0.0868. The van der Waals surface area contributed by atoms with Crippen molar-refractivity contribution in [3.63, 3.8) is 0 Å². The van der Waals surface area contributed by atoms with E-state index in [9.17, 15) is 5.11 Å². The van der Waals surface area contributed by atoms with Gasteiger partial charge in [0.05, 0.1) is 18.3 Å². The number of hydrogen-bond donors (Lipinski definition) is 1. The Hall–Kier alpha value is -0.380. The number of ether oxygens (including phenoxy) is 2. The van der Waals surface area contributed by atoms with E-state index in [2.05, 4.69) is 20.4 Å². The summed E-state index contributed by atoms with van der Waals surface area (Å²) in [6.45, 7) is 14.0. The van der Waals surface area contributed by atoms with E-state index < -0.39 is 5.79 Å². The highest BCUT2D eigenvalue weighted by atomic mass is 16.7. The Morgan fingerprint density at radius 1 is 1.44 bits per heavy atom. The summed E-state index contributed by atoms with van der Waals surface area (Å²) < 4.78 is 11.9. The van der Waals surface area contributed by atoms with Crippen LogP contribution in [-0.2, 0) is 9.47 Å². The van der Waals surface area contributed by atoms with E-state index in [4.69, 9.17) is 9.47 Å². The van der Waals surface area contributed by atoms with Crippen molar-refractivity contribution in [3.05, 3.63) is 12.7 Å². The minimum atomic E-state index is -0.596. The third-order valence-corrected chi connectivity index (χ3v) is 3.72. The molecule has 1 N–H and O–H groups in total. The summed E-state index contributed by atoms with van der Waals surface area (Å²) in [4.78, 5) is 0. The Labute approximate surface area is 111 Å². The van der Waals surface area contributed by atoms with E-state index in [0.29, 0.717) is 6.42 Å². The van der Waals surface area contributed by atoms with Crippen LogP contribution in [0.15, 0.2) is 12.7 Å². The van der Waals surface area contributed by atoms with Crippen LogP contribution in [0.25, 0.3) is 0 Å². The van der Waals surface area contributed by atoms with E-state index in [1.807, 2.05) is 26.8 Å². The lowest BCUT2D eigenvalue weighted by atomic mass is 9.82. The molecule has 0 aromatic rings. The van der Waals surface area contributed by atoms with Gasteiger partial charge in [0.15, 0.2) is 5.79 Å². The van der Waals surface area contributed by atoms with Crippen molar-refractivity contribution < 1.29 is 14.6 Å². The Balaban J connectivity index is 2.75. The Bertz CT molecular complexity index is 283. The van der Waals surface area contributed by atoms with E-state index in [0.717, 1.165) is 12.8 Å². The van der Waals surface area contributed by atoms with Gasteiger partial charge in [0.25, 0.3) is 0 Å². The quantitative estimate of drug-likeness (QED) is 0.767. The van der Waals surface area contributed by atoms with E-state index in [1.54, 1.807) is 0 Å². The molecule has 1 saturated heterocycles. The highest BCUT2D eigenvalue weighted by Gasteiger charge is 2.41. The van der Waals surface area contributed by atoms with Crippen LogP contribution in [-0.4, -0.2) is 29.2 Å². The molecule has 0 radical (unpaired) electrons. The first-order chi connectivity index (χ1) is 8.20. The van der Waals surface area contributed by atoms with Crippen molar-refractivity contribution in [1.82, 2.24) is 0 Å². The van der Waals surface area contributed by atoms with Crippen LogP contribution in [0.1, 0.15) is 53.9 Å². The average Bonchev–Trinajstić information content (AvgIpc) is 2.26. The minimum absolute atomic E-state index is 0.0490. The topological polar surface area (TPSA) is 38.7 Å². The predicted octanol–water partition coefficient (Wildman–Crippen LogP) is 3.27. The Morgan fingerprint density at radius 2 is 2.06 bits per heavy atom. The fourth-order valence-electron chi connectivity index (χ4n) is 2.31. The van der Waals surface area contributed by atoms with Gasteiger partial charge >= 0.3 is 0 Å². The van der Waals surface area contributed by atoms with Gasteiger partial charge in [-0.15, -0.1) is 6.58 Å². The fourth-order valence-corrected chi connectivity index (χ4v) is 2.31. The van der Waals surface area contributed by atoms with Gasteiger partial charge in [-0.05, 0) is 26.7 Å². The van der Waals surface area contributed by atoms with Crippen LogP contribution in [0, 0.1) is 5.41 Å². The lowest BCUT2D eigenvalue weighted by Gasteiger charge is -2.46. The molecular weight excluding hydrogens is 228 g/mol. The first kappa shape index (κ1) is 15.7. The number of aliphatic hydroxyl groups is 1. The molecule has 1 aliphatic rings. The molecule has 3 atom stereocenters. The summed E-state index contributed by atoms with van der Waals surface area (Å²) >= 11 is 0. The van der Waals surface area contributed by atoms with Gasteiger partial charge < -0.3 is 14.6 Å². The molecule has 1 rings (SSSR count). The molecule has 0 aromatic heterocycles. The second-order valence-electron chi connectivity index (χ2n) is 6.31. The fraction of sp³-hybridized carbons (Fsp3) is 0.867. The van der Waals surface area contributed by atoms with Gasteiger partial charge in [0.1, 0.15) is 0 Å². The molecule has 3 heteroatoms. The third kappa shape index (κ3) is 4.08. The molecule has 18 heavy (non-hydrogen) atoms.